The summed E-state index contributed by atoms with van der Waals surface area (Å²) in [4.78, 5) is 21.8. The highest BCUT2D eigenvalue weighted by Crippen LogP contribution is 2.43. The molecule has 0 atom stereocenters. The number of aromatic nitrogens is 6. The van der Waals surface area contributed by atoms with Gasteiger partial charge in [-0.15, -0.1) is 0 Å². The van der Waals surface area contributed by atoms with Crippen LogP contribution in [0.2, 0.25) is 0 Å². The third kappa shape index (κ3) is 2.08. The molecule has 0 saturated heterocycles. The predicted octanol–water partition coefficient (Wildman–Crippen LogP) is 2.70. The van der Waals surface area contributed by atoms with Crippen LogP contribution in [0, 0.1) is 5.82 Å². The van der Waals surface area contributed by atoms with Gasteiger partial charge >= 0.3 is 5.69 Å². The molecule has 0 radical (unpaired) electrons. The van der Waals surface area contributed by atoms with Crippen LogP contribution in [0.25, 0.3) is 38.8 Å². The maximum absolute atomic E-state index is 15.3. The molecule has 0 aliphatic carbocycles. The summed E-state index contributed by atoms with van der Waals surface area (Å²) in [7, 11) is 3.46. The molecular formula is C21H15FN6O2. The van der Waals surface area contributed by atoms with Gasteiger partial charge in [0.1, 0.15) is 18.2 Å². The van der Waals surface area contributed by atoms with Crippen LogP contribution in [0.5, 0.6) is 5.75 Å². The lowest BCUT2D eigenvalue weighted by Gasteiger charge is -2.20. The van der Waals surface area contributed by atoms with Gasteiger partial charge < -0.3 is 4.74 Å². The number of benzene rings is 1. The van der Waals surface area contributed by atoms with Gasteiger partial charge in [-0.05, 0) is 6.07 Å². The number of rotatable bonds is 1. The first-order valence-corrected chi connectivity index (χ1v) is 9.32. The molecule has 6 rings (SSSR count). The van der Waals surface area contributed by atoms with Crippen LogP contribution in [-0.2, 0) is 20.7 Å². The van der Waals surface area contributed by atoms with Gasteiger partial charge in [0.2, 0.25) is 0 Å². The quantitative estimate of drug-likeness (QED) is 0.431. The Morgan fingerprint density at radius 2 is 2.07 bits per heavy atom. The number of aryl methyl sites for hydroxylation is 2. The summed E-state index contributed by atoms with van der Waals surface area (Å²) in [6.07, 6.45) is 8.19. The van der Waals surface area contributed by atoms with Crippen LogP contribution in [0.15, 0.2) is 47.9 Å². The topological polar surface area (TPSA) is 79.8 Å². The largest absolute Gasteiger partial charge is 0.487 e. The normalized spacial score (nSPS) is 12.8. The van der Waals surface area contributed by atoms with E-state index in [0.717, 1.165) is 5.56 Å². The van der Waals surface area contributed by atoms with Crippen LogP contribution in [0.4, 0.5) is 4.39 Å². The average Bonchev–Trinajstić information content (AvgIpc) is 3.26. The molecule has 30 heavy (non-hydrogen) atoms. The first-order valence-electron chi connectivity index (χ1n) is 9.32. The number of hydrogen-bond donors (Lipinski definition) is 0. The lowest BCUT2D eigenvalue weighted by atomic mass is 10.0. The molecule has 0 saturated carbocycles. The van der Waals surface area contributed by atoms with E-state index in [0.29, 0.717) is 44.5 Å². The minimum atomic E-state index is -0.460. The van der Waals surface area contributed by atoms with Crippen molar-refractivity contribution in [3.05, 3.63) is 65.0 Å². The summed E-state index contributed by atoms with van der Waals surface area (Å²) < 4.78 is 26.2. The van der Waals surface area contributed by atoms with Gasteiger partial charge in [-0.2, -0.15) is 5.10 Å². The van der Waals surface area contributed by atoms with Gasteiger partial charge in [0, 0.05) is 43.7 Å². The molecule has 5 heterocycles. The molecule has 5 aromatic rings. The Morgan fingerprint density at radius 1 is 1.20 bits per heavy atom. The number of ether oxygens (including phenoxy) is 1. The maximum Gasteiger partial charge on any atom is 0.333 e. The fourth-order valence-electron chi connectivity index (χ4n) is 4.16. The van der Waals surface area contributed by atoms with Gasteiger partial charge in [0.15, 0.2) is 0 Å². The summed E-state index contributed by atoms with van der Waals surface area (Å²) in [5, 5.41) is 4.76. The van der Waals surface area contributed by atoms with Gasteiger partial charge in [-0.1, -0.05) is 0 Å². The Balaban J connectivity index is 1.88. The fraction of sp³-hybridized carbons (Fsp3) is 0.143. The van der Waals surface area contributed by atoms with Crippen LogP contribution in [0.3, 0.4) is 0 Å². The van der Waals surface area contributed by atoms with Crippen molar-refractivity contribution in [3.8, 4) is 22.6 Å². The number of imidazole rings is 1. The molecule has 8 nitrogen and oxygen atoms in total. The van der Waals surface area contributed by atoms with E-state index in [2.05, 4.69) is 15.1 Å². The zero-order valence-corrected chi connectivity index (χ0v) is 16.1. The standard InChI is InChI=1S/C21H15FN6O2/c1-26-9-12(6-25-26)17-13(22)5-14-18-19-16(8-24-14)27(2)21(29)28(19)15-7-23-4-3-11(15)10-30-20(17)18/h3-9H,10H2,1-2H3. The van der Waals surface area contributed by atoms with Crippen molar-refractivity contribution in [3.63, 3.8) is 0 Å². The molecule has 0 N–H and O–H groups in total. The van der Waals surface area contributed by atoms with E-state index in [1.807, 2.05) is 0 Å². The second kappa shape index (κ2) is 5.76. The van der Waals surface area contributed by atoms with E-state index in [9.17, 15) is 4.79 Å². The molecule has 0 unspecified atom stereocenters. The summed E-state index contributed by atoms with van der Waals surface area (Å²) in [6.45, 7) is 0.154. The zero-order valence-electron chi connectivity index (χ0n) is 16.1. The number of hydrogen-bond acceptors (Lipinski definition) is 5. The molecule has 148 valence electrons. The molecule has 1 aliphatic rings. The third-order valence-electron chi connectivity index (χ3n) is 5.58. The lowest BCUT2D eigenvalue weighted by molar-refractivity contribution is 0.309. The highest BCUT2D eigenvalue weighted by atomic mass is 19.1. The predicted molar refractivity (Wildman–Crippen MR) is 108 cm³/mol. The Hall–Kier alpha value is -4.01. The number of halogens is 1. The fourth-order valence-corrected chi connectivity index (χ4v) is 4.16. The molecule has 0 spiro atoms. The zero-order chi connectivity index (χ0) is 20.6. The molecular weight excluding hydrogens is 387 g/mol. The highest BCUT2D eigenvalue weighted by molar-refractivity contribution is 6.09. The average molecular weight is 402 g/mol. The molecule has 0 bridgehead atoms. The van der Waals surface area contributed by atoms with Crippen molar-refractivity contribution in [1.82, 2.24) is 28.9 Å². The van der Waals surface area contributed by atoms with Crippen LogP contribution >= 0.6 is 0 Å². The molecule has 9 heteroatoms. The van der Waals surface area contributed by atoms with E-state index < -0.39 is 5.82 Å². The molecule has 0 amide bonds. The van der Waals surface area contributed by atoms with Gasteiger partial charge in [-0.3, -0.25) is 23.8 Å². The second-order valence-electron chi connectivity index (χ2n) is 7.32. The Morgan fingerprint density at radius 3 is 2.87 bits per heavy atom. The monoisotopic (exact) mass is 402 g/mol. The van der Waals surface area contributed by atoms with E-state index in [1.165, 1.54) is 10.6 Å². The summed E-state index contributed by atoms with van der Waals surface area (Å²) >= 11 is 0. The Labute approximate surface area is 168 Å². The van der Waals surface area contributed by atoms with Crippen molar-refractivity contribution in [1.29, 1.82) is 0 Å². The van der Waals surface area contributed by atoms with Gasteiger partial charge in [0.25, 0.3) is 0 Å². The first kappa shape index (κ1) is 16.9. The van der Waals surface area contributed by atoms with Crippen molar-refractivity contribution in [2.24, 2.45) is 14.1 Å². The minimum absolute atomic E-state index is 0.154. The molecule has 1 aromatic carbocycles. The summed E-state index contributed by atoms with van der Waals surface area (Å²) in [5.74, 6) is -0.115. The van der Waals surface area contributed by atoms with Crippen molar-refractivity contribution < 1.29 is 9.13 Å². The number of fused-ring (bicyclic) bond motifs is 2. The second-order valence-corrected chi connectivity index (χ2v) is 7.32. The molecule has 4 aromatic heterocycles. The van der Waals surface area contributed by atoms with E-state index in [4.69, 9.17) is 4.74 Å². The Bertz CT molecular complexity index is 1560. The van der Waals surface area contributed by atoms with Crippen LogP contribution in [0.1, 0.15) is 5.56 Å². The summed E-state index contributed by atoms with van der Waals surface area (Å²) in [6, 6.07) is 3.17. The summed E-state index contributed by atoms with van der Waals surface area (Å²) in [5.41, 5.74) is 3.71. The number of pyridine rings is 2. The van der Waals surface area contributed by atoms with Crippen LogP contribution in [-0.4, -0.2) is 28.9 Å². The highest BCUT2D eigenvalue weighted by Gasteiger charge is 2.27. The smallest absolute Gasteiger partial charge is 0.333 e. The van der Waals surface area contributed by atoms with Crippen LogP contribution < -0.4 is 10.4 Å². The van der Waals surface area contributed by atoms with Crippen molar-refractivity contribution in [2.45, 2.75) is 6.61 Å². The lowest BCUT2D eigenvalue weighted by Crippen LogP contribution is -2.22. The van der Waals surface area contributed by atoms with E-state index >= 15 is 4.39 Å². The van der Waals surface area contributed by atoms with Gasteiger partial charge in [0.05, 0.1) is 51.8 Å². The SMILES string of the molecule is Cn1cc(-c2c(F)cc3ncc4c5c3c2OCc2ccncc2-n5c(=O)n4C)cn1. The van der Waals surface area contributed by atoms with Crippen molar-refractivity contribution >= 4 is 21.9 Å². The molecule has 0 fully saturated rings. The van der Waals surface area contributed by atoms with Gasteiger partial charge in [-0.25, -0.2) is 9.18 Å². The van der Waals surface area contributed by atoms with E-state index in [-0.39, 0.29) is 12.3 Å². The van der Waals surface area contributed by atoms with Crippen molar-refractivity contribution in [2.75, 3.05) is 0 Å². The number of nitrogens with zero attached hydrogens (tertiary/aromatic N) is 6. The minimum Gasteiger partial charge on any atom is -0.487 e. The molecule has 1 aliphatic heterocycles. The van der Waals surface area contributed by atoms with E-state index in [1.54, 1.807) is 60.4 Å². The first-order chi connectivity index (χ1) is 14.5. The Kier molecular flexibility index (Phi) is 3.24. The third-order valence-corrected chi connectivity index (χ3v) is 5.58. The maximum atomic E-state index is 15.3.